The van der Waals surface area contributed by atoms with E-state index in [4.69, 9.17) is 23.7 Å². The van der Waals surface area contributed by atoms with Crippen molar-refractivity contribution >= 4 is 5.97 Å². The summed E-state index contributed by atoms with van der Waals surface area (Å²) in [6.07, 6.45) is -1.27. The Morgan fingerprint density at radius 1 is 1.09 bits per heavy atom. The SMILES string of the molecule is COc1ccc([C@@H]2CC(=O)O[C@@H]3[C@H]4OC(C)(C)O[C@H]4O[C@@H]32)cc1. The van der Waals surface area contributed by atoms with Crippen molar-refractivity contribution < 1.29 is 28.5 Å². The van der Waals surface area contributed by atoms with Crippen molar-refractivity contribution in [3.63, 3.8) is 0 Å². The fraction of sp³-hybridized carbons (Fsp3) is 0.588. The Kier molecular flexibility index (Phi) is 3.37. The Labute approximate surface area is 134 Å². The molecule has 5 atom stereocenters. The average Bonchev–Trinajstić information content (AvgIpc) is 2.99. The number of hydrogen-bond acceptors (Lipinski definition) is 6. The van der Waals surface area contributed by atoms with Gasteiger partial charge in [0.1, 0.15) is 11.9 Å². The van der Waals surface area contributed by atoms with Crippen LogP contribution < -0.4 is 4.74 Å². The predicted molar refractivity (Wildman–Crippen MR) is 78.9 cm³/mol. The van der Waals surface area contributed by atoms with Crippen LogP contribution in [0.1, 0.15) is 31.7 Å². The third-order valence-corrected chi connectivity index (χ3v) is 4.62. The van der Waals surface area contributed by atoms with Crippen molar-refractivity contribution in [3.8, 4) is 5.75 Å². The van der Waals surface area contributed by atoms with E-state index in [0.717, 1.165) is 11.3 Å². The van der Waals surface area contributed by atoms with Crippen LogP contribution >= 0.6 is 0 Å². The molecule has 124 valence electrons. The van der Waals surface area contributed by atoms with Gasteiger partial charge < -0.3 is 23.7 Å². The van der Waals surface area contributed by atoms with Crippen LogP contribution in [0, 0.1) is 0 Å². The molecule has 3 aliphatic heterocycles. The summed E-state index contributed by atoms with van der Waals surface area (Å²) < 4.78 is 28.4. The molecule has 23 heavy (non-hydrogen) atoms. The molecule has 0 amide bonds. The number of ether oxygens (including phenoxy) is 5. The Hall–Kier alpha value is -1.63. The van der Waals surface area contributed by atoms with Crippen molar-refractivity contribution in [3.05, 3.63) is 29.8 Å². The Bertz CT molecular complexity index is 610. The minimum atomic E-state index is -0.722. The standard InChI is InChI=1S/C17H20O6/c1-17(2)22-15-14-13(21-16(15)23-17)11(8-12(18)20-14)9-4-6-10(19-3)7-5-9/h4-7,11,13-16H,8H2,1-3H3/t11-,13+,14-,15+,16+/m0/s1. The van der Waals surface area contributed by atoms with E-state index in [2.05, 4.69) is 0 Å². The third-order valence-electron chi connectivity index (χ3n) is 4.62. The first-order valence-corrected chi connectivity index (χ1v) is 7.81. The van der Waals surface area contributed by atoms with E-state index in [0.29, 0.717) is 0 Å². The second kappa shape index (κ2) is 5.19. The molecule has 0 radical (unpaired) electrons. The monoisotopic (exact) mass is 320 g/mol. The first-order valence-electron chi connectivity index (χ1n) is 7.81. The van der Waals surface area contributed by atoms with E-state index in [1.807, 2.05) is 38.1 Å². The van der Waals surface area contributed by atoms with Crippen molar-refractivity contribution in [2.75, 3.05) is 7.11 Å². The van der Waals surface area contributed by atoms with Gasteiger partial charge in [0, 0.05) is 5.92 Å². The van der Waals surface area contributed by atoms with Gasteiger partial charge in [0.25, 0.3) is 0 Å². The van der Waals surface area contributed by atoms with Gasteiger partial charge in [-0.05, 0) is 31.5 Å². The van der Waals surface area contributed by atoms with Crippen LogP contribution in [0.25, 0.3) is 0 Å². The fourth-order valence-electron chi connectivity index (χ4n) is 3.62. The number of hydrogen-bond donors (Lipinski definition) is 0. The molecule has 4 rings (SSSR count). The van der Waals surface area contributed by atoms with E-state index in [-0.39, 0.29) is 30.5 Å². The Balaban J connectivity index is 1.61. The molecule has 3 heterocycles. The quantitative estimate of drug-likeness (QED) is 0.776. The largest absolute Gasteiger partial charge is 0.497 e. The molecule has 1 aromatic rings. The highest BCUT2D eigenvalue weighted by molar-refractivity contribution is 5.72. The van der Waals surface area contributed by atoms with E-state index in [1.165, 1.54) is 0 Å². The topological polar surface area (TPSA) is 63.2 Å². The van der Waals surface area contributed by atoms with Gasteiger partial charge in [-0.15, -0.1) is 0 Å². The first-order chi connectivity index (χ1) is 11.0. The van der Waals surface area contributed by atoms with Crippen LogP contribution in [-0.4, -0.2) is 43.5 Å². The summed E-state index contributed by atoms with van der Waals surface area (Å²) >= 11 is 0. The van der Waals surface area contributed by atoms with Crippen molar-refractivity contribution in [1.82, 2.24) is 0 Å². The predicted octanol–water partition coefficient (Wildman–Crippen LogP) is 1.97. The smallest absolute Gasteiger partial charge is 0.306 e. The van der Waals surface area contributed by atoms with Crippen molar-refractivity contribution in [2.45, 2.75) is 56.6 Å². The molecule has 0 aliphatic carbocycles. The summed E-state index contributed by atoms with van der Waals surface area (Å²) in [6.45, 7) is 3.66. The van der Waals surface area contributed by atoms with E-state index < -0.39 is 18.2 Å². The lowest BCUT2D eigenvalue weighted by Gasteiger charge is -2.34. The zero-order chi connectivity index (χ0) is 16.2. The normalized spacial score (nSPS) is 37.9. The zero-order valence-corrected chi connectivity index (χ0v) is 13.4. The molecule has 0 aromatic heterocycles. The van der Waals surface area contributed by atoms with Crippen LogP contribution in [0.4, 0.5) is 0 Å². The number of fused-ring (bicyclic) bond motifs is 3. The van der Waals surface area contributed by atoms with Crippen LogP contribution in [-0.2, 0) is 23.7 Å². The summed E-state index contributed by atoms with van der Waals surface area (Å²) in [6, 6.07) is 7.69. The summed E-state index contributed by atoms with van der Waals surface area (Å²) in [5.41, 5.74) is 1.02. The Morgan fingerprint density at radius 2 is 1.83 bits per heavy atom. The van der Waals surface area contributed by atoms with Crippen molar-refractivity contribution in [2.24, 2.45) is 0 Å². The fourth-order valence-corrected chi connectivity index (χ4v) is 3.62. The number of esters is 1. The summed E-state index contributed by atoms with van der Waals surface area (Å²) in [5, 5.41) is 0. The molecule has 3 fully saturated rings. The van der Waals surface area contributed by atoms with Crippen LogP contribution in [0.3, 0.4) is 0 Å². The maximum Gasteiger partial charge on any atom is 0.306 e. The lowest BCUT2D eigenvalue weighted by Crippen LogP contribution is -2.45. The maximum atomic E-state index is 12.1. The molecule has 3 saturated heterocycles. The number of carbonyl (C=O) groups is 1. The van der Waals surface area contributed by atoms with Crippen LogP contribution in [0.2, 0.25) is 0 Å². The van der Waals surface area contributed by atoms with Crippen LogP contribution in [0.15, 0.2) is 24.3 Å². The highest BCUT2D eigenvalue weighted by atomic mass is 16.8. The lowest BCUT2D eigenvalue weighted by molar-refractivity contribution is -0.227. The average molecular weight is 320 g/mol. The molecule has 3 aliphatic rings. The second-order valence-corrected chi connectivity index (χ2v) is 6.61. The van der Waals surface area contributed by atoms with Gasteiger partial charge in [-0.2, -0.15) is 0 Å². The van der Waals surface area contributed by atoms with Gasteiger partial charge in [0.15, 0.2) is 24.3 Å². The highest BCUT2D eigenvalue weighted by Gasteiger charge is 2.60. The van der Waals surface area contributed by atoms with Gasteiger partial charge in [-0.25, -0.2) is 0 Å². The molecule has 0 N–H and O–H groups in total. The minimum Gasteiger partial charge on any atom is -0.497 e. The van der Waals surface area contributed by atoms with Gasteiger partial charge in [-0.3, -0.25) is 4.79 Å². The van der Waals surface area contributed by atoms with Crippen molar-refractivity contribution in [1.29, 1.82) is 0 Å². The minimum absolute atomic E-state index is 0.0759. The summed E-state index contributed by atoms with van der Waals surface area (Å²) in [7, 11) is 1.63. The molecular weight excluding hydrogens is 300 g/mol. The number of benzene rings is 1. The van der Waals surface area contributed by atoms with E-state index >= 15 is 0 Å². The number of rotatable bonds is 2. The summed E-state index contributed by atoms with van der Waals surface area (Å²) in [5.74, 6) is -0.251. The molecular formula is C17H20O6. The van der Waals surface area contributed by atoms with Gasteiger partial charge in [0.05, 0.1) is 13.5 Å². The molecule has 0 bridgehead atoms. The lowest BCUT2D eigenvalue weighted by atomic mass is 9.85. The van der Waals surface area contributed by atoms with Crippen LogP contribution in [0.5, 0.6) is 5.75 Å². The zero-order valence-electron chi connectivity index (χ0n) is 13.4. The maximum absolute atomic E-state index is 12.1. The number of carbonyl (C=O) groups excluding carboxylic acids is 1. The Morgan fingerprint density at radius 3 is 2.52 bits per heavy atom. The number of methoxy groups -OCH3 is 1. The van der Waals surface area contributed by atoms with Gasteiger partial charge in [-0.1, -0.05) is 12.1 Å². The first kappa shape index (κ1) is 14.9. The van der Waals surface area contributed by atoms with E-state index in [9.17, 15) is 4.79 Å². The molecule has 6 heteroatoms. The second-order valence-electron chi connectivity index (χ2n) is 6.61. The molecule has 0 saturated carbocycles. The molecule has 0 unspecified atom stereocenters. The highest BCUT2D eigenvalue weighted by Crippen LogP contribution is 2.46. The molecule has 1 aromatic carbocycles. The molecule has 6 nitrogen and oxygen atoms in total. The van der Waals surface area contributed by atoms with E-state index in [1.54, 1.807) is 7.11 Å². The van der Waals surface area contributed by atoms with Gasteiger partial charge >= 0.3 is 5.97 Å². The summed E-state index contributed by atoms with van der Waals surface area (Å²) in [4.78, 5) is 12.1. The van der Waals surface area contributed by atoms with Gasteiger partial charge in [0.2, 0.25) is 0 Å². The molecule has 0 spiro atoms. The third kappa shape index (κ3) is 2.51.